The highest BCUT2D eigenvalue weighted by atomic mass is 32.1. The molecule has 0 saturated heterocycles. The van der Waals surface area contributed by atoms with Crippen LogP contribution in [0.5, 0.6) is 11.5 Å². The van der Waals surface area contributed by atoms with E-state index in [1.54, 1.807) is 11.3 Å². The largest absolute Gasteiger partial charge is 0.491 e. The summed E-state index contributed by atoms with van der Waals surface area (Å²) in [6.45, 7) is 5.49. The lowest BCUT2D eigenvalue weighted by Gasteiger charge is -2.12. The van der Waals surface area contributed by atoms with Crippen molar-refractivity contribution >= 4 is 11.3 Å². The van der Waals surface area contributed by atoms with Crippen molar-refractivity contribution in [2.24, 2.45) is 0 Å². The summed E-state index contributed by atoms with van der Waals surface area (Å²) in [5, 5.41) is 17.0. The van der Waals surface area contributed by atoms with Gasteiger partial charge in [-0.15, -0.1) is 11.3 Å². The van der Waals surface area contributed by atoms with Crippen molar-refractivity contribution in [2.75, 3.05) is 39.5 Å². The fourth-order valence-corrected chi connectivity index (χ4v) is 2.77. The average molecular weight is 365 g/mol. The Morgan fingerprint density at radius 1 is 1.08 bits per heavy atom. The van der Waals surface area contributed by atoms with Crippen LogP contribution in [0.15, 0.2) is 41.1 Å². The summed E-state index contributed by atoms with van der Waals surface area (Å²) in [4.78, 5) is 0. The van der Waals surface area contributed by atoms with Crippen molar-refractivity contribution in [1.29, 1.82) is 0 Å². The van der Waals surface area contributed by atoms with E-state index in [-0.39, 0.29) is 0 Å². The molecule has 1 aromatic heterocycles. The molecule has 25 heavy (non-hydrogen) atoms. The third-order valence-electron chi connectivity index (χ3n) is 3.53. The van der Waals surface area contributed by atoms with Gasteiger partial charge in [0, 0.05) is 18.5 Å². The highest BCUT2D eigenvalue weighted by Gasteiger charge is 2.05. The lowest BCUT2D eigenvalue weighted by Crippen LogP contribution is -2.32. The van der Waals surface area contributed by atoms with Crippen LogP contribution in [0.1, 0.15) is 12.5 Å². The van der Waals surface area contributed by atoms with Crippen molar-refractivity contribution in [2.45, 2.75) is 19.4 Å². The monoisotopic (exact) mass is 365 g/mol. The first kappa shape index (κ1) is 19.7. The van der Waals surface area contributed by atoms with Gasteiger partial charge in [-0.25, -0.2) is 0 Å². The molecule has 0 amide bonds. The second-order valence-electron chi connectivity index (χ2n) is 5.57. The van der Waals surface area contributed by atoms with Gasteiger partial charge in [-0.2, -0.15) is 0 Å². The Hall–Kier alpha value is -1.60. The Labute approximate surface area is 153 Å². The zero-order chi connectivity index (χ0) is 17.7. The van der Waals surface area contributed by atoms with Gasteiger partial charge in [0.15, 0.2) is 0 Å². The molecule has 0 aliphatic rings. The topological polar surface area (TPSA) is 60.0 Å². The van der Waals surface area contributed by atoms with Crippen LogP contribution in [-0.2, 0) is 11.2 Å². The second kappa shape index (κ2) is 11.9. The molecule has 138 valence electrons. The van der Waals surface area contributed by atoms with E-state index < -0.39 is 6.10 Å². The van der Waals surface area contributed by atoms with Crippen LogP contribution in [0, 0.1) is 0 Å². The van der Waals surface area contributed by atoms with Crippen LogP contribution in [0.2, 0.25) is 0 Å². The lowest BCUT2D eigenvalue weighted by molar-refractivity contribution is 0.107. The van der Waals surface area contributed by atoms with Gasteiger partial charge in [0.05, 0.1) is 6.61 Å². The van der Waals surface area contributed by atoms with E-state index in [1.807, 2.05) is 35.9 Å². The second-order valence-corrected chi connectivity index (χ2v) is 6.35. The Kier molecular flexibility index (Phi) is 9.36. The highest BCUT2D eigenvalue weighted by Crippen LogP contribution is 2.14. The summed E-state index contributed by atoms with van der Waals surface area (Å²) in [5.41, 5.74) is 1.23. The molecular formula is C19H27NO4S. The number of aliphatic hydroxyl groups excluding tert-OH is 1. The molecule has 0 saturated carbocycles. The number of hydrogen-bond donors (Lipinski definition) is 2. The molecule has 2 aromatic rings. The van der Waals surface area contributed by atoms with Gasteiger partial charge in [-0.3, -0.25) is 0 Å². The molecule has 0 fully saturated rings. The first-order chi connectivity index (χ1) is 12.3. The van der Waals surface area contributed by atoms with E-state index in [1.165, 1.54) is 5.56 Å². The summed E-state index contributed by atoms with van der Waals surface area (Å²) < 4.78 is 16.3. The number of benzene rings is 1. The molecule has 2 N–H and O–H groups in total. The van der Waals surface area contributed by atoms with E-state index in [4.69, 9.17) is 14.2 Å². The molecule has 1 aromatic carbocycles. The molecule has 1 atom stereocenters. The smallest absolute Gasteiger partial charge is 0.130 e. The van der Waals surface area contributed by atoms with Crippen molar-refractivity contribution in [1.82, 2.24) is 5.32 Å². The zero-order valence-corrected chi connectivity index (χ0v) is 15.5. The Morgan fingerprint density at radius 3 is 2.64 bits per heavy atom. The van der Waals surface area contributed by atoms with Crippen LogP contribution in [0.25, 0.3) is 0 Å². The Bertz CT molecular complexity index is 559. The van der Waals surface area contributed by atoms with Gasteiger partial charge >= 0.3 is 0 Å². The van der Waals surface area contributed by atoms with Crippen LogP contribution >= 0.6 is 11.3 Å². The normalized spacial score (nSPS) is 12.1. The number of nitrogens with one attached hydrogen (secondary N) is 1. The summed E-state index contributed by atoms with van der Waals surface area (Å²) in [6, 6.07) is 9.98. The quantitative estimate of drug-likeness (QED) is 0.535. The molecule has 0 bridgehead atoms. The van der Waals surface area contributed by atoms with E-state index in [0.717, 1.165) is 24.5 Å². The minimum Gasteiger partial charge on any atom is -0.491 e. The summed E-state index contributed by atoms with van der Waals surface area (Å²) in [6.07, 6.45) is 0.387. The fourth-order valence-electron chi connectivity index (χ4n) is 2.20. The third kappa shape index (κ3) is 8.36. The summed E-state index contributed by atoms with van der Waals surface area (Å²) in [7, 11) is 0. The highest BCUT2D eigenvalue weighted by molar-refractivity contribution is 7.08. The number of thiophene rings is 1. The Morgan fingerprint density at radius 2 is 1.92 bits per heavy atom. The van der Waals surface area contributed by atoms with E-state index >= 15 is 0 Å². The maximum atomic E-state index is 9.89. The molecule has 1 unspecified atom stereocenters. The van der Waals surface area contributed by atoms with Crippen LogP contribution in [0.3, 0.4) is 0 Å². The number of aliphatic hydroxyl groups is 1. The zero-order valence-electron chi connectivity index (χ0n) is 14.6. The molecule has 5 nitrogen and oxygen atoms in total. The summed E-state index contributed by atoms with van der Waals surface area (Å²) in [5.74, 6) is 1.67. The van der Waals surface area contributed by atoms with E-state index in [2.05, 4.69) is 17.4 Å². The fraction of sp³-hybridized carbons (Fsp3) is 0.474. The molecule has 0 spiro atoms. The molecule has 6 heteroatoms. The SMILES string of the molecule is CCOCCOc1ccc(CCNCC(O)COc2ccsc2)cc1. The van der Waals surface area contributed by atoms with Gasteiger partial charge in [0.25, 0.3) is 0 Å². The van der Waals surface area contributed by atoms with Crippen molar-refractivity contribution in [3.63, 3.8) is 0 Å². The third-order valence-corrected chi connectivity index (χ3v) is 4.19. The molecule has 1 heterocycles. The minimum absolute atomic E-state index is 0.303. The molecule has 0 aliphatic heterocycles. The average Bonchev–Trinajstić information content (AvgIpc) is 3.15. The van der Waals surface area contributed by atoms with Crippen molar-refractivity contribution in [3.05, 3.63) is 46.7 Å². The standard InChI is InChI=1S/C19H27NO4S/c1-2-22-10-11-23-18-5-3-16(4-6-18)7-9-20-13-17(21)14-24-19-8-12-25-15-19/h3-6,8,12,15,17,20-21H,2,7,9-11,13-14H2,1H3. The molecular weight excluding hydrogens is 338 g/mol. The first-order valence-corrected chi connectivity index (χ1v) is 9.55. The maximum absolute atomic E-state index is 9.89. The first-order valence-electron chi connectivity index (χ1n) is 8.61. The number of ether oxygens (including phenoxy) is 3. The predicted molar refractivity (Wildman–Crippen MR) is 101 cm³/mol. The predicted octanol–water partition coefficient (Wildman–Crippen LogP) is 2.74. The van der Waals surface area contributed by atoms with Gasteiger partial charge in [-0.05, 0) is 49.0 Å². The minimum atomic E-state index is -0.513. The molecule has 2 rings (SSSR count). The van der Waals surface area contributed by atoms with Gasteiger partial charge < -0.3 is 24.6 Å². The number of hydrogen-bond acceptors (Lipinski definition) is 6. The van der Waals surface area contributed by atoms with Crippen LogP contribution in [-0.4, -0.2) is 50.7 Å². The number of rotatable bonds is 13. The van der Waals surface area contributed by atoms with Crippen LogP contribution in [0.4, 0.5) is 0 Å². The van der Waals surface area contributed by atoms with Crippen molar-refractivity contribution in [3.8, 4) is 11.5 Å². The van der Waals surface area contributed by atoms with Crippen LogP contribution < -0.4 is 14.8 Å². The maximum Gasteiger partial charge on any atom is 0.130 e. The molecule has 0 aliphatic carbocycles. The van der Waals surface area contributed by atoms with E-state index in [0.29, 0.717) is 33.0 Å². The van der Waals surface area contributed by atoms with Crippen molar-refractivity contribution < 1.29 is 19.3 Å². The molecule has 0 radical (unpaired) electrons. The van der Waals surface area contributed by atoms with Gasteiger partial charge in [-0.1, -0.05) is 12.1 Å². The van der Waals surface area contributed by atoms with Gasteiger partial charge in [0.1, 0.15) is 30.8 Å². The lowest BCUT2D eigenvalue weighted by atomic mass is 10.1. The van der Waals surface area contributed by atoms with E-state index in [9.17, 15) is 5.11 Å². The summed E-state index contributed by atoms with van der Waals surface area (Å²) >= 11 is 1.58. The van der Waals surface area contributed by atoms with Gasteiger partial charge in [0.2, 0.25) is 0 Å². The Balaban J connectivity index is 1.55.